The van der Waals surface area contributed by atoms with Crippen molar-refractivity contribution in [1.82, 2.24) is 5.32 Å². The van der Waals surface area contributed by atoms with Crippen molar-refractivity contribution in [3.05, 3.63) is 0 Å². The summed E-state index contributed by atoms with van der Waals surface area (Å²) in [6.07, 6.45) is 5.13. The van der Waals surface area contributed by atoms with Gasteiger partial charge in [0.25, 0.3) is 0 Å². The predicted molar refractivity (Wildman–Crippen MR) is 70.0 cm³/mol. The van der Waals surface area contributed by atoms with Crippen LogP contribution < -0.4 is 5.32 Å². The highest BCUT2D eigenvalue weighted by Crippen LogP contribution is 2.56. The van der Waals surface area contributed by atoms with E-state index in [9.17, 15) is 9.59 Å². The number of amides is 1. The zero-order valence-electron chi connectivity index (χ0n) is 11.9. The molecule has 0 saturated heterocycles. The minimum absolute atomic E-state index is 0.0737. The summed E-state index contributed by atoms with van der Waals surface area (Å²) in [7, 11) is 0. The van der Waals surface area contributed by atoms with E-state index in [1.807, 2.05) is 20.8 Å². The van der Waals surface area contributed by atoms with Crippen molar-refractivity contribution in [3.8, 4) is 12.3 Å². The molecule has 0 aliphatic heterocycles. The summed E-state index contributed by atoms with van der Waals surface area (Å²) in [5, 5.41) is 2.33. The Kier molecular flexibility index (Phi) is 4.46. The molecule has 106 valence electrons. The summed E-state index contributed by atoms with van der Waals surface area (Å²) in [5.74, 6) is 1.91. The molecule has 1 aliphatic carbocycles. The van der Waals surface area contributed by atoms with Crippen LogP contribution in [0.5, 0.6) is 0 Å². The van der Waals surface area contributed by atoms with Crippen molar-refractivity contribution in [2.75, 3.05) is 6.54 Å². The number of esters is 1. The fourth-order valence-electron chi connectivity index (χ4n) is 2.00. The zero-order chi connectivity index (χ0) is 14.7. The highest BCUT2D eigenvalue weighted by Gasteiger charge is 2.56. The van der Waals surface area contributed by atoms with Crippen molar-refractivity contribution in [2.24, 2.45) is 10.8 Å². The normalized spacial score (nSPS) is 25.4. The summed E-state index contributed by atoms with van der Waals surface area (Å²) in [5.41, 5.74) is -0.602. The van der Waals surface area contributed by atoms with E-state index in [1.54, 1.807) is 0 Å². The van der Waals surface area contributed by atoms with Gasteiger partial charge in [-0.3, -0.25) is 4.79 Å². The fourth-order valence-corrected chi connectivity index (χ4v) is 2.00. The molecule has 1 fully saturated rings. The molecule has 19 heavy (non-hydrogen) atoms. The van der Waals surface area contributed by atoms with Gasteiger partial charge in [0.05, 0.1) is 12.0 Å². The van der Waals surface area contributed by atoms with E-state index in [1.165, 1.54) is 6.92 Å². The number of terminal acetylenes is 1. The minimum atomic E-state index is -0.932. The van der Waals surface area contributed by atoms with Crippen LogP contribution in [0.4, 0.5) is 4.79 Å². The Morgan fingerprint density at radius 2 is 1.95 bits per heavy atom. The molecule has 5 heteroatoms. The first-order chi connectivity index (χ1) is 8.73. The lowest BCUT2D eigenvalue weighted by Crippen LogP contribution is -2.52. The number of hydrogen-bond acceptors (Lipinski definition) is 4. The molecule has 1 N–H and O–H groups in total. The number of rotatable bonds is 4. The van der Waals surface area contributed by atoms with Gasteiger partial charge in [-0.25, -0.2) is 4.79 Å². The summed E-state index contributed by atoms with van der Waals surface area (Å²) < 4.78 is 10.0. The highest BCUT2D eigenvalue weighted by molar-refractivity contribution is 5.79. The van der Waals surface area contributed by atoms with Crippen molar-refractivity contribution in [3.63, 3.8) is 0 Å². The molecule has 0 aromatic rings. The molecule has 0 radical (unpaired) electrons. The molecule has 1 saturated carbocycles. The van der Waals surface area contributed by atoms with Gasteiger partial charge in [0.2, 0.25) is 6.29 Å². The van der Waals surface area contributed by atoms with E-state index in [4.69, 9.17) is 15.9 Å². The lowest BCUT2D eigenvalue weighted by Gasteiger charge is -2.52. The summed E-state index contributed by atoms with van der Waals surface area (Å²) in [6, 6.07) is 0. The fraction of sp³-hybridized carbons (Fsp3) is 0.714. The zero-order valence-corrected chi connectivity index (χ0v) is 11.9. The monoisotopic (exact) mass is 267 g/mol. The summed E-state index contributed by atoms with van der Waals surface area (Å²) >= 11 is 0. The third kappa shape index (κ3) is 3.19. The Morgan fingerprint density at radius 1 is 1.32 bits per heavy atom. The van der Waals surface area contributed by atoms with Gasteiger partial charge in [-0.1, -0.05) is 19.8 Å². The second-order valence-corrected chi connectivity index (χ2v) is 5.65. The van der Waals surface area contributed by atoms with Crippen molar-refractivity contribution in [2.45, 2.75) is 46.8 Å². The number of hydrogen-bond donors (Lipinski definition) is 1. The topological polar surface area (TPSA) is 64.6 Å². The third-order valence-corrected chi connectivity index (χ3v) is 4.08. The average Bonchev–Trinajstić information content (AvgIpc) is 2.33. The summed E-state index contributed by atoms with van der Waals surface area (Å²) in [4.78, 5) is 23.3. The lowest BCUT2D eigenvalue weighted by molar-refractivity contribution is -0.194. The average molecular weight is 267 g/mol. The van der Waals surface area contributed by atoms with E-state index in [2.05, 4.69) is 11.2 Å². The maximum atomic E-state index is 12.1. The highest BCUT2D eigenvalue weighted by atomic mass is 16.7. The molecule has 5 nitrogen and oxygen atoms in total. The van der Waals surface area contributed by atoms with Gasteiger partial charge in [-0.15, -0.1) is 6.42 Å². The van der Waals surface area contributed by atoms with Gasteiger partial charge in [0, 0.05) is 6.92 Å². The van der Waals surface area contributed by atoms with Crippen LogP contribution in [0.25, 0.3) is 0 Å². The number of alkyl carbamates (subject to hydrolysis) is 1. The smallest absolute Gasteiger partial charge is 0.410 e. The molecule has 0 heterocycles. The first-order valence-corrected chi connectivity index (χ1v) is 6.32. The molecule has 0 aromatic heterocycles. The molecule has 0 aromatic carbocycles. The first kappa shape index (κ1) is 15.4. The van der Waals surface area contributed by atoms with Crippen LogP contribution in [0.3, 0.4) is 0 Å². The van der Waals surface area contributed by atoms with Gasteiger partial charge in [-0.05, 0) is 25.2 Å². The Balaban J connectivity index is 2.45. The third-order valence-electron chi connectivity index (χ3n) is 4.08. The van der Waals surface area contributed by atoms with Gasteiger partial charge >= 0.3 is 12.1 Å². The van der Waals surface area contributed by atoms with Gasteiger partial charge in [0.15, 0.2) is 0 Å². The first-order valence-electron chi connectivity index (χ1n) is 6.32. The molecule has 1 amide bonds. The quantitative estimate of drug-likeness (QED) is 0.481. The van der Waals surface area contributed by atoms with Gasteiger partial charge in [0.1, 0.15) is 0 Å². The summed E-state index contributed by atoms with van der Waals surface area (Å²) in [6.45, 7) is 7.52. The second-order valence-electron chi connectivity index (χ2n) is 5.65. The molecular weight excluding hydrogens is 246 g/mol. The van der Waals surface area contributed by atoms with Crippen LogP contribution in [-0.4, -0.2) is 24.9 Å². The maximum Gasteiger partial charge on any atom is 0.410 e. The van der Waals surface area contributed by atoms with Crippen molar-refractivity contribution in [1.29, 1.82) is 0 Å². The number of nitrogens with one attached hydrogen (secondary N) is 1. The van der Waals surface area contributed by atoms with E-state index in [0.29, 0.717) is 0 Å². The number of carbonyl (C=O) groups excluding carboxylic acids is 2. The molecular formula is C14H21NO4. The van der Waals surface area contributed by atoms with E-state index in [-0.39, 0.29) is 17.9 Å². The SMILES string of the molecule is C#CCNC(=O)OC(C)OC(=O)C1(C)CCC1(C)C. The van der Waals surface area contributed by atoms with Crippen LogP contribution >= 0.6 is 0 Å². The minimum Gasteiger partial charge on any atom is -0.425 e. The molecule has 1 rings (SSSR count). The van der Waals surface area contributed by atoms with Gasteiger partial charge < -0.3 is 14.8 Å². The van der Waals surface area contributed by atoms with E-state index in [0.717, 1.165) is 12.8 Å². The van der Waals surface area contributed by atoms with Crippen LogP contribution in [0.2, 0.25) is 0 Å². The molecule has 0 spiro atoms. The van der Waals surface area contributed by atoms with E-state index >= 15 is 0 Å². The Bertz CT molecular complexity index is 410. The van der Waals surface area contributed by atoms with Crippen LogP contribution in [0.15, 0.2) is 0 Å². The number of carbonyl (C=O) groups is 2. The maximum absolute atomic E-state index is 12.1. The Morgan fingerprint density at radius 3 is 2.37 bits per heavy atom. The van der Waals surface area contributed by atoms with Crippen LogP contribution in [0.1, 0.15) is 40.5 Å². The van der Waals surface area contributed by atoms with Crippen molar-refractivity contribution < 1.29 is 19.1 Å². The van der Waals surface area contributed by atoms with Gasteiger partial charge in [-0.2, -0.15) is 0 Å². The predicted octanol–water partition coefficient (Wildman–Crippen LogP) is 2.06. The van der Waals surface area contributed by atoms with E-state index < -0.39 is 17.8 Å². The second kappa shape index (κ2) is 5.52. The molecule has 2 unspecified atom stereocenters. The molecule has 0 bridgehead atoms. The van der Waals surface area contributed by atoms with Crippen LogP contribution in [0, 0.1) is 23.2 Å². The molecule has 1 aliphatic rings. The number of ether oxygens (including phenoxy) is 2. The van der Waals surface area contributed by atoms with Crippen LogP contribution in [-0.2, 0) is 14.3 Å². The molecule has 2 atom stereocenters. The largest absolute Gasteiger partial charge is 0.425 e. The Hall–Kier alpha value is -1.70. The lowest BCUT2D eigenvalue weighted by atomic mass is 9.52. The van der Waals surface area contributed by atoms with Crippen molar-refractivity contribution >= 4 is 12.1 Å². The standard InChI is InChI=1S/C14H21NO4/c1-6-9-15-12(17)19-10(2)18-11(16)14(5)8-7-13(14,3)4/h1,10H,7-9H2,2-5H3,(H,15,17). The Labute approximate surface area is 114 Å².